The highest BCUT2D eigenvalue weighted by molar-refractivity contribution is 7.91. The molecule has 0 aromatic rings. The number of aliphatic carboxylic acids is 1. The molecule has 0 aliphatic heterocycles. The van der Waals surface area contributed by atoms with Gasteiger partial charge in [-0.15, -0.1) is 0 Å². The van der Waals surface area contributed by atoms with E-state index in [-0.39, 0.29) is 17.9 Å². The van der Waals surface area contributed by atoms with Gasteiger partial charge in [-0.3, -0.25) is 4.79 Å². The van der Waals surface area contributed by atoms with Crippen LogP contribution in [0.15, 0.2) is 0 Å². The van der Waals surface area contributed by atoms with Crippen LogP contribution in [0.4, 0.5) is 0 Å². The molecule has 0 aromatic heterocycles. The summed E-state index contributed by atoms with van der Waals surface area (Å²) in [5, 5.41) is 11.3. The SMILES string of the molecule is CCS(=O)(=O)CCNCCCCC(=O)O. The molecule has 0 fully saturated rings. The van der Waals surface area contributed by atoms with E-state index >= 15 is 0 Å². The van der Waals surface area contributed by atoms with Crippen LogP contribution < -0.4 is 5.32 Å². The van der Waals surface area contributed by atoms with Crippen LogP contribution in [0.25, 0.3) is 0 Å². The highest BCUT2D eigenvalue weighted by Gasteiger charge is 2.05. The summed E-state index contributed by atoms with van der Waals surface area (Å²) in [6, 6.07) is 0. The summed E-state index contributed by atoms with van der Waals surface area (Å²) in [6.07, 6.45) is 1.57. The van der Waals surface area contributed by atoms with Gasteiger partial charge in [-0.25, -0.2) is 8.42 Å². The van der Waals surface area contributed by atoms with E-state index in [0.717, 1.165) is 6.42 Å². The number of carboxylic acid groups (broad SMARTS) is 1. The van der Waals surface area contributed by atoms with Crippen molar-refractivity contribution in [2.45, 2.75) is 26.2 Å². The predicted molar refractivity (Wildman–Crippen MR) is 58.7 cm³/mol. The van der Waals surface area contributed by atoms with Crippen LogP contribution in [0, 0.1) is 0 Å². The third-order valence-corrected chi connectivity index (χ3v) is 3.73. The van der Waals surface area contributed by atoms with Crippen molar-refractivity contribution in [2.24, 2.45) is 0 Å². The number of carboxylic acids is 1. The van der Waals surface area contributed by atoms with Crippen molar-refractivity contribution in [1.82, 2.24) is 5.32 Å². The minimum absolute atomic E-state index is 0.155. The van der Waals surface area contributed by atoms with Crippen molar-refractivity contribution in [1.29, 1.82) is 0 Å². The first-order valence-corrected chi connectivity index (χ1v) is 6.93. The minimum atomic E-state index is -2.88. The predicted octanol–water partition coefficient (Wildman–Crippen LogP) is 0.266. The van der Waals surface area contributed by atoms with Gasteiger partial charge >= 0.3 is 5.97 Å². The van der Waals surface area contributed by atoms with Gasteiger partial charge in [0.2, 0.25) is 0 Å². The first-order valence-electron chi connectivity index (χ1n) is 5.11. The van der Waals surface area contributed by atoms with Gasteiger partial charge in [0.15, 0.2) is 9.84 Å². The normalized spacial score (nSPS) is 11.5. The summed E-state index contributed by atoms with van der Waals surface area (Å²) < 4.78 is 22.1. The van der Waals surface area contributed by atoms with Crippen LogP contribution >= 0.6 is 0 Å². The van der Waals surface area contributed by atoms with Crippen molar-refractivity contribution in [3.8, 4) is 0 Å². The van der Waals surface area contributed by atoms with Crippen LogP contribution in [0.1, 0.15) is 26.2 Å². The molecule has 0 unspecified atom stereocenters. The van der Waals surface area contributed by atoms with Gasteiger partial charge in [-0.05, 0) is 19.4 Å². The fourth-order valence-corrected chi connectivity index (χ4v) is 1.77. The summed E-state index contributed by atoms with van der Waals surface area (Å²) >= 11 is 0. The molecule has 0 aliphatic rings. The molecule has 0 bridgehead atoms. The van der Waals surface area contributed by atoms with E-state index in [2.05, 4.69) is 5.32 Å². The average Bonchev–Trinajstić information content (AvgIpc) is 2.16. The van der Waals surface area contributed by atoms with E-state index in [4.69, 9.17) is 5.11 Å². The quantitative estimate of drug-likeness (QED) is 0.562. The second kappa shape index (κ2) is 7.64. The van der Waals surface area contributed by atoms with Gasteiger partial charge in [-0.2, -0.15) is 0 Å². The Labute approximate surface area is 90.8 Å². The zero-order chi connectivity index (χ0) is 11.7. The van der Waals surface area contributed by atoms with E-state index in [1.165, 1.54) is 0 Å². The van der Waals surface area contributed by atoms with Crippen LogP contribution in [0.5, 0.6) is 0 Å². The molecule has 90 valence electrons. The van der Waals surface area contributed by atoms with E-state index < -0.39 is 15.8 Å². The van der Waals surface area contributed by atoms with Crippen molar-refractivity contribution in [2.75, 3.05) is 24.6 Å². The largest absolute Gasteiger partial charge is 0.481 e. The molecule has 0 aromatic carbocycles. The van der Waals surface area contributed by atoms with Crippen molar-refractivity contribution in [3.63, 3.8) is 0 Å². The van der Waals surface area contributed by atoms with Crippen molar-refractivity contribution < 1.29 is 18.3 Å². The van der Waals surface area contributed by atoms with Crippen LogP contribution in [0.2, 0.25) is 0 Å². The smallest absolute Gasteiger partial charge is 0.303 e. The third kappa shape index (κ3) is 9.68. The lowest BCUT2D eigenvalue weighted by Crippen LogP contribution is -2.24. The van der Waals surface area contributed by atoms with E-state index in [1.54, 1.807) is 6.92 Å². The molecule has 0 saturated heterocycles. The molecule has 2 N–H and O–H groups in total. The summed E-state index contributed by atoms with van der Waals surface area (Å²) in [5.41, 5.74) is 0. The van der Waals surface area contributed by atoms with Gasteiger partial charge in [-0.1, -0.05) is 6.92 Å². The second-order valence-electron chi connectivity index (χ2n) is 3.34. The summed E-state index contributed by atoms with van der Waals surface area (Å²) in [6.45, 7) is 2.75. The average molecular weight is 237 g/mol. The maximum Gasteiger partial charge on any atom is 0.303 e. The summed E-state index contributed by atoms with van der Waals surface area (Å²) in [5.74, 6) is -0.459. The van der Waals surface area contributed by atoms with Gasteiger partial charge in [0.25, 0.3) is 0 Å². The number of carbonyl (C=O) groups is 1. The topological polar surface area (TPSA) is 83.5 Å². The number of hydrogen-bond donors (Lipinski definition) is 2. The van der Waals surface area contributed by atoms with E-state index in [0.29, 0.717) is 19.5 Å². The molecular formula is C9H19NO4S. The monoisotopic (exact) mass is 237 g/mol. The Bertz CT molecular complexity index is 274. The number of nitrogens with one attached hydrogen (secondary N) is 1. The number of rotatable bonds is 9. The van der Waals surface area contributed by atoms with E-state index in [1.807, 2.05) is 0 Å². The fourth-order valence-electron chi connectivity index (χ4n) is 1.02. The Morgan fingerprint density at radius 1 is 1.27 bits per heavy atom. The molecule has 0 saturated carbocycles. The Hall–Kier alpha value is -0.620. The maximum absolute atomic E-state index is 11.1. The highest BCUT2D eigenvalue weighted by atomic mass is 32.2. The lowest BCUT2D eigenvalue weighted by Gasteiger charge is -2.03. The van der Waals surface area contributed by atoms with Crippen molar-refractivity contribution >= 4 is 15.8 Å². The van der Waals surface area contributed by atoms with Gasteiger partial charge in [0, 0.05) is 18.7 Å². The molecule has 6 heteroatoms. The van der Waals surface area contributed by atoms with Gasteiger partial charge < -0.3 is 10.4 Å². The fraction of sp³-hybridized carbons (Fsp3) is 0.889. The zero-order valence-electron chi connectivity index (χ0n) is 9.03. The molecule has 15 heavy (non-hydrogen) atoms. The first-order chi connectivity index (χ1) is 6.98. The van der Waals surface area contributed by atoms with Gasteiger partial charge in [0.1, 0.15) is 0 Å². The Morgan fingerprint density at radius 3 is 2.47 bits per heavy atom. The molecular weight excluding hydrogens is 218 g/mol. The Morgan fingerprint density at radius 2 is 1.93 bits per heavy atom. The second-order valence-corrected chi connectivity index (χ2v) is 5.81. The lowest BCUT2D eigenvalue weighted by atomic mass is 10.2. The van der Waals surface area contributed by atoms with Crippen LogP contribution in [-0.4, -0.2) is 44.1 Å². The van der Waals surface area contributed by atoms with Crippen LogP contribution in [0.3, 0.4) is 0 Å². The molecule has 0 spiro atoms. The molecule has 0 amide bonds. The molecule has 0 rings (SSSR count). The Balaban J connectivity index is 3.29. The Kier molecular flexibility index (Phi) is 7.33. The number of sulfone groups is 1. The first kappa shape index (κ1) is 14.4. The highest BCUT2D eigenvalue weighted by Crippen LogP contribution is 1.93. The number of hydrogen-bond acceptors (Lipinski definition) is 4. The number of unbranched alkanes of at least 4 members (excludes halogenated alkanes) is 1. The standard InChI is InChI=1S/C9H19NO4S/c1-2-15(13,14)8-7-10-6-4-3-5-9(11)12/h10H,2-8H2,1H3,(H,11,12). The minimum Gasteiger partial charge on any atom is -0.481 e. The molecule has 0 atom stereocenters. The van der Waals surface area contributed by atoms with E-state index in [9.17, 15) is 13.2 Å². The van der Waals surface area contributed by atoms with Crippen molar-refractivity contribution in [3.05, 3.63) is 0 Å². The third-order valence-electron chi connectivity index (χ3n) is 2.02. The lowest BCUT2D eigenvalue weighted by molar-refractivity contribution is -0.137. The van der Waals surface area contributed by atoms with Gasteiger partial charge in [0.05, 0.1) is 5.75 Å². The maximum atomic E-state index is 11.1. The molecule has 0 heterocycles. The van der Waals surface area contributed by atoms with Crippen LogP contribution in [-0.2, 0) is 14.6 Å². The summed E-state index contributed by atoms with van der Waals surface area (Å²) in [7, 11) is -2.88. The molecule has 5 nitrogen and oxygen atoms in total. The molecule has 0 aliphatic carbocycles. The zero-order valence-corrected chi connectivity index (χ0v) is 9.85. The molecule has 0 radical (unpaired) electrons. The summed E-state index contributed by atoms with van der Waals surface area (Å²) in [4.78, 5) is 10.2.